The Kier molecular flexibility index (Phi) is 5.91. The van der Waals surface area contributed by atoms with Crippen LogP contribution < -0.4 is 4.90 Å². The monoisotopic (exact) mass is 417 g/mol. The van der Waals surface area contributed by atoms with Crippen LogP contribution in [0.2, 0.25) is 5.02 Å². The van der Waals surface area contributed by atoms with Gasteiger partial charge in [-0.15, -0.1) is 11.8 Å². The maximum atomic E-state index is 14.3. The molecule has 2 aromatic carbocycles. The fourth-order valence-electron chi connectivity index (χ4n) is 3.03. The van der Waals surface area contributed by atoms with Gasteiger partial charge in [0.05, 0.1) is 29.0 Å². The molecular formula is C21H17ClFNO3S. The quantitative estimate of drug-likeness (QED) is 0.395. The largest absolute Gasteiger partial charge is 0.465 e. The van der Waals surface area contributed by atoms with Crippen LogP contribution in [0.25, 0.3) is 6.08 Å². The number of carbonyl (C=O) groups excluding carboxylic acids is 2. The molecule has 0 spiro atoms. The van der Waals surface area contributed by atoms with Gasteiger partial charge in [0.1, 0.15) is 5.82 Å². The highest BCUT2D eigenvalue weighted by atomic mass is 35.5. The van der Waals surface area contributed by atoms with Crippen molar-refractivity contribution in [2.45, 2.75) is 11.8 Å². The van der Waals surface area contributed by atoms with Crippen molar-refractivity contribution in [2.75, 3.05) is 18.3 Å². The Bertz CT molecular complexity index is 1010. The van der Waals surface area contributed by atoms with E-state index in [1.807, 2.05) is 24.5 Å². The van der Waals surface area contributed by atoms with Gasteiger partial charge in [0.25, 0.3) is 5.91 Å². The molecule has 1 aliphatic rings. The summed E-state index contributed by atoms with van der Waals surface area (Å²) in [5.74, 6) is -1.71. The number of hydrogen-bond acceptors (Lipinski definition) is 4. The molecule has 144 valence electrons. The Morgan fingerprint density at radius 1 is 1.25 bits per heavy atom. The van der Waals surface area contributed by atoms with Gasteiger partial charge in [0.15, 0.2) is 0 Å². The Balaban J connectivity index is 2.19. The average Bonchev–Trinajstić information content (AvgIpc) is 2.94. The molecule has 3 rings (SSSR count). The Morgan fingerprint density at radius 3 is 2.61 bits per heavy atom. The number of amides is 1. The number of ether oxygens (including phenoxy) is 1. The maximum absolute atomic E-state index is 14.3. The van der Waals surface area contributed by atoms with Gasteiger partial charge in [0.2, 0.25) is 0 Å². The minimum atomic E-state index is -0.673. The van der Waals surface area contributed by atoms with E-state index in [1.165, 1.54) is 48.0 Å². The number of nitrogens with zero attached hydrogens (tertiary/aromatic N) is 1. The fourth-order valence-corrected chi connectivity index (χ4v) is 3.70. The first-order chi connectivity index (χ1) is 13.4. The van der Waals surface area contributed by atoms with Crippen LogP contribution in [0, 0.1) is 5.82 Å². The molecule has 0 unspecified atom stereocenters. The van der Waals surface area contributed by atoms with Crippen LogP contribution in [0.15, 0.2) is 64.2 Å². The molecule has 2 aromatic rings. The number of thioether (sulfide) groups is 1. The molecule has 0 fully saturated rings. The smallest absolute Gasteiger partial charge is 0.340 e. The SMILES string of the molecule is COC(=O)C1=C(C)N(c2cccc(SC)c2)C(=O)/C1=C\c1c(F)cccc1Cl. The number of anilines is 1. The lowest BCUT2D eigenvalue weighted by molar-refractivity contribution is -0.136. The molecule has 0 atom stereocenters. The summed E-state index contributed by atoms with van der Waals surface area (Å²) in [7, 11) is 1.23. The van der Waals surface area contributed by atoms with Gasteiger partial charge >= 0.3 is 5.97 Å². The zero-order valence-electron chi connectivity index (χ0n) is 15.5. The summed E-state index contributed by atoms with van der Waals surface area (Å²) in [6.07, 6.45) is 3.23. The van der Waals surface area contributed by atoms with Crippen molar-refractivity contribution in [3.63, 3.8) is 0 Å². The van der Waals surface area contributed by atoms with Crippen molar-refractivity contribution in [1.29, 1.82) is 0 Å². The molecule has 1 heterocycles. The standard InChI is InChI=1S/C21H17ClFNO3S/c1-12-19(21(26)27-2)16(11-15-17(22)8-5-9-18(15)23)20(25)24(12)13-6-4-7-14(10-13)28-3/h4-11H,1-3H3/b16-11-. The van der Waals surface area contributed by atoms with Crippen LogP contribution in [0.5, 0.6) is 0 Å². The van der Waals surface area contributed by atoms with Gasteiger partial charge in [-0.05, 0) is 49.6 Å². The molecule has 0 saturated carbocycles. The molecule has 1 amide bonds. The highest BCUT2D eigenvalue weighted by Crippen LogP contribution is 2.37. The summed E-state index contributed by atoms with van der Waals surface area (Å²) < 4.78 is 19.1. The van der Waals surface area contributed by atoms with Crippen LogP contribution in [0.3, 0.4) is 0 Å². The Morgan fingerprint density at radius 2 is 1.96 bits per heavy atom. The number of esters is 1. The summed E-state index contributed by atoms with van der Waals surface area (Å²) >= 11 is 7.64. The van der Waals surface area contributed by atoms with Gasteiger partial charge in [-0.3, -0.25) is 9.69 Å². The third-order valence-corrected chi connectivity index (χ3v) is 5.44. The van der Waals surface area contributed by atoms with E-state index in [2.05, 4.69) is 0 Å². The summed E-state index contributed by atoms with van der Waals surface area (Å²) in [6.45, 7) is 1.65. The van der Waals surface area contributed by atoms with Crippen LogP contribution in [0.4, 0.5) is 10.1 Å². The van der Waals surface area contributed by atoms with E-state index in [-0.39, 0.29) is 21.7 Å². The number of benzene rings is 2. The second-order valence-electron chi connectivity index (χ2n) is 5.99. The topological polar surface area (TPSA) is 46.6 Å². The van der Waals surface area contributed by atoms with E-state index in [0.717, 1.165) is 4.90 Å². The normalized spacial score (nSPS) is 15.5. The van der Waals surface area contributed by atoms with Crippen molar-refractivity contribution >= 4 is 47.0 Å². The molecule has 28 heavy (non-hydrogen) atoms. The number of allylic oxidation sites excluding steroid dienone is 1. The summed E-state index contributed by atoms with van der Waals surface area (Å²) in [4.78, 5) is 28.0. The van der Waals surface area contributed by atoms with Crippen molar-refractivity contribution in [2.24, 2.45) is 0 Å². The molecule has 7 heteroatoms. The first kappa shape index (κ1) is 20.2. The van der Waals surface area contributed by atoms with Crippen LogP contribution >= 0.6 is 23.4 Å². The number of methoxy groups -OCH3 is 1. The van der Waals surface area contributed by atoms with E-state index in [0.29, 0.717) is 11.4 Å². The molecule has 0 saturated heterocycles. The number of halogens is 2. The second kappa shape index (κ2) is 8.20. The highest BCUT2D eigenvalue weighted by Gasteiger charge is 2.38. The lowest BCUT2D eigenvalue weighted by atomic mass is 10.0. The zero-order chi connectivity index (χ0) is 20.4. The zero-order valence-corrected chi connectivity index (χ0v) is 17.0. The minimum absolute atomic E-state index is 0.0332. The fraction of sp³-hybridized carbons (Fsp3) is 0.143. The number of carbonyl (C=O) groups is 2. The molecule has 4 nitrogen and oxygen atoms in total. The van der Waals surface area contributed by atoms with Gasteiger partial charge in [-0.25, -0.2) is 9.18 Å². The lowest BCUT2D eigenvalue weighted by Gasteiger charge is -2.18. The molecule has 0 N–H and O–H groups in total. The molecule has 0 aromatic heterocycles. The maximum Gasteiger partial charge on any atom is 0.340 e. The minimum Gasteiger partial charge on any atom is -0.465 e. The second-order valence-corrected chi connectivity index (χ2v) is 7.27. The first-order valence-electron chi connectivity index (χ1n) is 8.32. The molecule has 0 aliphatic carbocycles. The van der Waals surface area contributed by atoms with Gasteiger partial charge in [-0.2, -0.15) is 0 Å². The van der Waals surface area contributed by atoms with E-state index in [9.17, 15) is 14.0 Å². The van der Waals surface area contributed by atoms with Gasteiger partial charge in [-0.1, -0.05) is 23.7 Å². The van der Waals surface area contributed by atoms with Crippen molar-refractivity contribution < 1.29 is 18.7 Å². The summed E-state index contributed by atoms with van der Waals surface area (Å²) in [6, 6.07) is 11.6. The van der Waals surface area contributed by atoms with E-state index >= 15 is 0 Å². The van der Waals surface area contributed by atoms with Crippen LogP contribution in [0.1, 0.15) is 12.5 Å². The molecule has 0 bridgehead atoms. The lowest BCUT2D eigenvalue weighted by Crippen LogP contribution is -2.24. The molecule has 0 radical (unpaired) electrons. The predicted octanol–water partition coefficient (Wildman–Crippen LogP) is 5.08. The molecule has 1 aliphatic heterocycles. The summed E-state index contributed by atoms with van der Waals surface area (Å²) in [5.41, 5.74) is 1.18. The number of hydrogen-bond donors (Lipinski definition) is 0. The predicted molar refractivity (Wildman–Crippen MR) is 110 cm³/mol. The Hall–Kier alpha value is -2.57. The third kappa shape index (κ3) is 3.57. The molecular weight excluding hydrogens is 401 g/mol. The summed E-state index contributed by atoms with van der Waals surface area (Å²) in [5, 5.41) is 0.144. The van der Waals surface area contributed by atoms with Crippen molar-refractivity contribution in [1.82, 2.24) is 0 Å². The average molecular weight is 418 g/mol. The van der Waals surface area contributed by atoms with Gasteiger partial charge < -0.3 is 4.74 Å². The van der Waals surface area contributed by atoms with Crippen molar-refractivity contribution in [3.8, 4) is 0 Å². The van der Waals surface area contributed by atoms with Gasteiger partial charge in [0, 0.05) is 16.2 Å². The number of rotatable bonds is 4. The van der Waals surface area contributed by atoms with Crippen LogP contribution in [-0.4, -0.2) is 25.2 Å². The van der Waals surface area contributed by atoms with E-state index in [1.54, 1.807) is 13.0 Å². The van der Waals surface area contributed by atoms with Crippen molar-refractivity contribution in [3.05, 3.63) is 75.7 Å². The first-order valence-corrected chi connectivity index (χ1v) is 9.93. The highest BCUT2D eigenvalue weighted by molar-refractivity contribution is 7.98. The third-order valence-electron chi connectivity index (χ3n) is 4.39. The van der Waals surface area contributed by atoms with Crippen LogP contribution in [-0.2, 0) is 14.3 Å². The Labute approximate surface area is 171 Å². The van der Waals surface area contributed by atoms with E-state index < -0.39 is 17.7 Å². The van der Waals surface area contributed by atoms with E-state index in [4.69, 9.17) is 16.3 Å².